The van der Waals surface area contributed by atoms with Gasteiger partial charge >= 0.3 is 0 Å². The molecule has 2 unspecified atom stereocenters. The minimum absolute atomic E-state index is 0.479. The lowest BCUT2D eigenvalue weighted by molar-refractivity contribution is 0.0540. The summed E-state index contributed by atoms with van der Waals surface area (Å²) in [6, 6.07) is 10.8. The second-order valence-corrected chi connectivity index (χ2v) is 5.40. The molecule has 1 aromatic carbocycles. The molecule has 0 radical (unpaired) electrons. The van der Waals surface area contributed by atoms with Crippen molar-refractivity contribution in [1.29, 1.82) is 0 Å². The van der Waals surface area contributed by atoms with Crippen LogP contribution in [0, 0.1) is 11.8 Å². The molecule has 0 spiro atoms. The highest BCUT2D eigenvalue weighted by Gasteiger charge is 2.21. The van der Waals surface area contributed by atoms with Gasteiger partial charge in [-0.25, -0.2) is 0 Å². The zero-order chi connectivity index (χ0) is 14.1. The van der Waals surface area contributed by atoms with E-state index in [1.54, 1.807) is 14.2 Å². The molecular formula is C17H28O2. The first-order valence-corrected chi connectivity index (χ1v) is 7.25. The smallest absolute Gasteiger partial charge is 0.0515 e. The molecule has 2 nitrogen and oxygen atoms in total. The molecule has 1 aromatic rings. The third-order valence-corrected chi connectivity index (χ3v) is 3.99. The average molecular weight is 264 g/mol. The lowest BCUT2D eigenvalue weighted by Crippen LogP contribution is -2.23. The van der Waals surface area contributed by atoms with Crippen molar-refractivity contribution in [1.82, 2.24) is 0 Å². The maximum atomic E-state index is 5.32. The van der Waals surface area contributed by atoms with Crippen molar-refractivity contribution < 1.29 is 9.47 Å². The summed E-state index contributed by atoms with van der Waals surface area (Å²) in [7, 11) is 3.54. The van der Waals surface area contributed by atoms with Gasteiger partial charge in [-0.3, -0.25) is 0 Å². The van der Waals surface area contributed by atoms with Crippen LogP contribution in [0.25, 0.3) is 0 Å². The molecule has 2 atom stereocenters. The van der Waals surface area contributed by atoms with E-state index in [1.165, 1.54) is 18.4 Å². The highest BCUT2D eigenvalue weighted by molar-refractivity contribution is 5.19. The van der Waals surface area contributed by atoms with E-state index < -0.39 is 0 Å². The van der Waals surface area contributed by atoms with Gasteiger partial charge in [-0.2, -0.15) is 0 Å². The number of rotatable bonds is 9. The minimum atomic E-state index is 0.479. The Hall–Kier alpha value is -0.860. The average Bonchev–Trinajstić information content (AvgIpc) is 2.45. The van der Waals surface area contributed by atoms with Crippen molar-refractivity contribution in [2.24, 2.45) is 11.8 Å². The van der Waals surface area contributed by atoms with Crippen LogP contribution < -0.4 is 0 Å². The van der Waals surface area contributed by atoms with E-state index in [0.717, 1.165) is 13.2 Å². The fourth-order valence-electron chi connectivity index (χ4n) is 2.71. The van der Waals surface area contributed by atoms with Gasteiger partial charge in [0.1, 0.15) is 0 Å². The number of methoxy groups -OCH3 is 2. The number of hydrogen-bond acceptors (Lipinski definition) is 2. The maximum absolute atomic E-state index is 5.32. The lowest BCUT2D eigenvalue weighted by Gasteiger charge is -2.26. The highest BCUT2D eigenvalue weighted by Crippen LogP contribution is 2.30. The van der Waals surface area contributed by atoms with E-state index in [0.29, 0.717) is 17.8 Å². The summed E-state index contributed by atoms with van der Waals surface area (Å²) in [4.78, 5) is 0. The molecular weight excluding hydrogens is 236 g/mol. The van der Waals surface area contributed by atoms with E-state index in [2.05, 4.69) is 44.2 Å². The van der Waals surface area contributed by atoms with E-state index in [-0.39, 0.29) is 0 Å². The van der Waals surface area contributed by atoms with Gasteiger partial charge in [0.05, 0.1) is 13.2 Å². The van der Waals surface area contributed by atoms with Crippen LogP contribution in [0.2, 0.25) is 0 Å². The molecule has 0 aromatic heterocycles. The molecule has 19 heavy (non-hydrogen) atoms. The Balaban J connectivity index is 2.63. The number of benzene rings is 1. The van der Waals surface area contributed by atoms with Crippen molar-refractivity contribution in [3.63, 3.8) is 0 Å². The minimum Gasteiger partial charge on any atom is -0.384 e. The molecule has 0 heterocycles. The Kier molecular flexibility index (Phi) is 7.76. The lowest BCUT2D eigenvalue weighted by atomic mass is 9.82. The van der Waals surface area contributed by atoms with Gasteiger partial charge in [0.2, 0.25) is 0 Å². The molecule has 0 saturated carbocycles. The molecule has 0 saturated heterocycles. The summed E-state index contributed by atoms with van der Waals surface area (Å²) in [6.07, 6.45) is 2.37. The molecule has 108 valence electrons. The Labute approximate surface area is 118 Å². The highest BCUT2D eigenvalue weighted by atomic mass is 16.5. The summed E-state index contributed by atoms with van der Waals surface area (Å²) >= 11 is 0. The third kappa shape index (κ3) is 5.33. The molecule has 0 aliphatic carbocycles. The fourth-order valence-corrected chi connectivity index (χ4v) is 2.71. The fraction of sp³-hybridized carbons (Fsp3) is 0.647. The first-order valence-electron chi connectivity index (χ1n) is 7.25. The standard InChI is InChI=1S/C17H28O2/c1-5-15(16-9-7-6-8-10-16)11-14(2)17(12-18-3)13-19-4/h6-10,14-15,17H,5,11-13H2,1-4H3. The predicted octanol–water partition coefficient (Wildman–Crippen LogP) is 4.12. The number of ether oxygens (including phenoxy) is 2. The van der Waals surface area contributed by atoms with Crippen LogP contribution >= 0.6 is 0 Å². The summed E-state index contributed by atoms with van der Waals surface area (Å²) in [6.45, 7) is 6.14. The van der Waals surface area contributed by atoms with Crippen molar-refractivity contribution in [3.05, 3.63) is 35.9 Å². The Morgan fingerprint density at radius 2 is 1.58 bits per heavy atom. The van der Waals surface area contributed by atoms with Gasteiger partial charge in [-0.1, -0.05) is 44.2 Å². The normalized spacial score (nSPS) is 14.6. The second kappa shape index (κ2) is 9.11. The van der Waals surface area contributed by atoms with Crippen molar-refractivity contribution >= 4 is 0 Å². The monoisotopic (exact) mass is 264 g/mol. The van der Waals surface area contributed by atoms with Crippen molar-refractivity contribution in [2.45, 2.75) is 32.6 Å². The van der Waals surface area contributed by atoms with E-state index in [1.807, 2.05) is 0 Å². The zero-order valence-corrected chi connectivity index (χ0v) is 12.8. The number of hydrogen-bond donors (Lipinski definition) is 0. The van der Waals surface area contributed by atoms with Crippen LogP contribution in [0.1, 0.15) is 38.2 Å². The van der Waals surface area contributed by atoms with Gasteiger partial charge < -0.3 is 9.47 Å². The van der Waals surface area contributed by atoms with E-state index in [4.69, 9.17) is 9.47 Å². The Morgan fingerprint density at radius 3 is 2.05 bits per heavy atom. The molecule has 2 heteroatoms. The van der Waals surface area contributed by atoms with Crippen LogP contribution in [-0.2, 0) is 9.47 Å². The summed E-state index contributed by atoms with van der Waals surface area (Å²) < 4.78 is 10.6. The van der Waals surface area contributed by atoms with Gasteiger partial charge in [0.15, 0.2) is 0 Å². The first-order chi connectivity index (χ1) is 9.22. The molecule has 0 N–H and O–H groups in total. The van der Waals surface area contributed by atoms with Crippen LogP contribution in [-0.4, -0.2) is 27.4 Å². The van der Waals surface area contributed by atoms with E-state index >= 15 is 0 Å². The molecule has 0 bridgehead atoms. The van der Waals surface area contributed by atoms with Crippen molar-refractivity contribution in [3.8, 4) is 0 Å². The summed E-state index contributed by atoms with van der Waals surface area (Å²) in [5.74, 6) is 1.71. The molecule has 0 aliphatic heterocycles. The predicted molar refractivity (Wildman–Crippen MR) is 80.5 cm³/mol. The van der Waals surface area contributed by atoms with Gasteiger partial charge in [-0.15, -0.1) is 0 Å². The van der Waals surface area contributed by atoms with Crippen LogP contribution in [0.3, 0.4) is 0 Å². The first kappa shape index (κ1) is 16.2. The Morgan fingerprint density at radius 1 is 1.00 bits per heavy atom. The second-order valence-electron chi connectivity index (χ2n) is 5.40. The topological polar surface area (TPSA) is 18.5 Å². The van der Waals surface area contributed by atoms with Crippen molar-refractivity contribution in [2.75, 3.05) is 27.4 Å². The molecule has 0 aliphatic rings. The summed E-state index contributed by atoms with van der Waals surface area (Å²) in [5, 5.41) is 0. The van der Waals surface area contributed by atoms with Gasteiger partial charge in [-0.05, 0) is 30.2 Å². The quantitative estimate of drug-likeness (QED) is 0.668. The Bertz CT molecular complexity index is 317. The molecule has 0 amide bonds. The SMILES string of the molecule is CCC(CC(C)C(COC)COC)c1ccccc1. The molecule has 0 fully saturated rings. The summed E-state index contributed by atoms with van der Waals surface area (Å²) in [5.41, 5.74) is 1.45. The maximum Gasteiger partial charge on any atom is 0.0515 e. The van der Waals surface area contributed by atoms with Crippen LogP contribution in [0.5, 0.6) is 0 Å². The van der Waals surface area contributed by atoms with E-state index in [9.17, 15) is 0 Å². The largest absolute Gasteiger partial charge is 0.384 e. The van der Waals surface area contributed by atoms with Gasteiger partial charge in [0.25, 0.3) is 0 Å². The zero-order valence-electron chi connectivity index (χ0n) is 12.8. The molecule has 1 rings (SSSR count). The third-order valence-electron chi connectivity index (χ3n) is 3.99. The van der Waals surface area contributed by atoms with Crippen LogP contribution in [0.15, 0.2) is 30.3 Å². The van der Waals surface area contributed by atoms with Crippen LogP contribution in [0.4, 0.5) is 0 Å². The van der Waals surface area contributed by atoms with Gasteiger partial charge in [0, 0.05) is 20.1 Å².